The molecule has 1 aromatic heterocycles. The van der Waals surface area contributed by atoms with Gasteiger partial charge in [-0.15, -0.1) is 0 Å². The maximum absolute atomic E-state index is 13.0. The highest BCUT2D eigenvalue weighted by molar-refractivity contribution is 8.18. The molecule has 1 atom stereocenters. The van der Waals surface area contributed by atoms with Gasteiger partial charge >= 0.3 is 0 Å². The number of hydrogen-bond acceptors (Lipinski definition) is 6. The van der Waals surface area contributed by atoms with Crippen LogP contribution in [0.25, 0.3) is 6.08 Å². The number of nitrogens with one attached hydrogen (secondary N) is 1. The number of amides is 4. The van der Waals surface area contributed by atoms with Crippen molar-refractivity contribution in [2.75, 3.05) is 19.6 Å². The highest BCUT2D eigenvalue weighted by Crippen LogP contribution is 2.32. The van der Waals surface area contributed by atoms with Crippen molar-refractivity contribution in [3.63, 3.8) is 0 Å². The SMILES string of the molecule is O=C(NCCN1C(=O)S/C(=C/c2ccc(F)cc2)C1=O)[C@@H]1CC(=O)N(Cc2ccco2)C1. The van der Waals surface area contributed by atoms with E-state index in [-0.39, 0.29) is 48.6 Å². The number of furan rings is 1. The summed E-state index contributed by atoms with van der Waals surface area (Å²) < 4.78 is 18.3. The van der Waals surface area contributed by atoms with E-state index in [0.29, 0.717) is 17.9 Å². The average molecular weight is 457 g/mol. The Morgan fingerprint density at radius 3 is 2.72 bits per heavy atom. The minimum atomic E-state index is -0.495. The first-order valence-corrected chi connectivity index (χ1v) is 10.8. The molecule has 4 rings (SSSR count). The summed E-state index contributed by atoms with van der Waals surface area (Å²) in [7, 11) is 0. The van der Waals surface area contributed by atoms with Gasteiger partial charge in [0.15, 0.2) is 0 Å². The molecular weight excluding hydrogens is 437 g/mol. The summed E-state index contributed by atoms with van der Waals surface area (Å²) in [5, 5.41) is 2.27. The lowest BCUT2D eigenvalue weighted by molar-refractivity contribution is -0.129. The van der Waals surface area contributed by atoms with Crippen molar-refractivity contribution in [3.8, 4) is 0 Å². The molecule has 1 N–H and O–H groups in total. The van der Waals surface area contributed by atoms with Crippen molar-refractivity contribution >= 4 is 40.8 Å². The number of thioether (sulfide) groups is 1. The number of halogens is 1. The summed E-state index contributed by atoms with van der Waals surface area (Å²) in [5.41, 5.74) is 0.607. The Hall–Kier alpha value is -3.40. The van der Waals surface area contributed by atoms with Gasteiger partial charge in [0.25, 0.3) is 11.1 Å². The van der Waals surface area contributed by atoms with Crippen molar-refractivity contribution in [2.24, 2.45) is 5.92 Å². The molecule has 2 fully saturated rings. The van der Waals surface area contributed by atoms with E-state index in [0.717, 1.165) is 16.7 Å². The molecule has 2 aliphatic heterocycles. The standard InChI is InChI=1S/C22H20FN3O5S/c23-16-5-3-14(4-6-16)10-18-21(29)26(22(30)32-18)8-7-24-20(28)15-11-19(27)25(12-15)13-17-2-1-9-31-17/h1-6,9-10,15H,7-8,11-13H2,(H,24,28)/b18-10+/t15-/m1/s1. The van der Waals surface area contributed by atoms with Crippen LogP contribution >= 0.6 is 11.8 Å². The first-order chi connectivity index (χ1) is 15.4. The summed E-state index contributed by atoms with van der Waals surface area (Å²) in [4.78, 5) is 52.2. The van der Waals surface area contributed by atoms with Crippen LogP contribution in [0.15, 0.2) is 52.0 Å². The Bertz CT molecular complexity index is 1070. The zero-order valence-corrected chi connectivity index (χ0v) is 17.8. The van der Waals surface area contributed by atoms with E-state index in [1.54, 1.807) is 17.0 Å². The predicted molar refractivity (Wildman–Crippen MR) is 114 cm³/mol. The van der Waals surface area contributed by atoms with Crippen LogP contribution in [-0.4, -0.2) is 52.4 Å². The van der Waals surface area contributed by atoms with Crippen LogP contribution < -0.4 is 5.32 Å². The van der Waals surface area contributed by atoms with E-state index >= 15 is 0 Å². The van der Waals surface area contributed by atoms with Gasteiger partial charge in [0.2, 0.25) is 11.8 Å². The monoisotopic (exact) mass is 457 g/mol. The molecule has 8 nitrogen and oxygen atoms in total. The molecule has 2 aliphatic rings. The second-order valence-corrected chi connectivity index (χ2v) is 8.42. The zero-order valence-electron chi connectivity index (χ0n) is 17.0. The van der Waals surface area contributed by atoms with Crippen LogP contribution in [0.5, 0.6) is 0 Å². The van der Waals surface area contributed by atoms with Gasteiger partial charge in [0.05, 0.1) is 23.6 Å². The van der Waals surface area contributed by atoms with Crippen LogP contribution in [0.1, 0.15) is 17.7 Å². The topological polar surface area (TPSA) is 99.9 Å². The van der Waals surface area contributed by atoms with Gasteiger partial charge in [0.1, 0.15) is 11.6 Å². The number of nitrogens with zero attached hydrogens (tertiary/aromatic N) is 2. The fourth-order valence-electron chi connectivity index (χ4n) is 3.53. The lowest BCUT2D eigenvalue weighted by atomic mass is 10.1. The summed E-state index contributed by atoms with van der Waals surface area (Å²) in [6.07, 6.45) is 3.16. The minimum absolute atomic E-state index is 0.0218. The van der Waals surface area contributed by atoms with E-state index < -0.39 is 17.1 Å². The number of likely N-dealkylation sites (tertiary alicyclic amines) is 1. The van der Waals surface area contributed by atoms with Crippen LogP contribution in [0.3, 0.4) is 0 Å². The third-order valence-electron chi connectivity index (χ3n) is 5.19. The molecule has 0 unspecified atom stereocenters. The quantitative estimate of drug-likeness (QED) is 0.642. The highest BCUT2D eigenvalue weighted by Gasteiger charge is 2.36. The Morgan fingerprint density at radius 1 is 1.22 bits per heavy atom. The molecule has 2 aromatic rings. The second kappa shape index (κ2) is 9.39. The number of hydrogen-bond donors (Lipinski definition) is 1. The molecule has 0 radical (unpaired) electrons. The maximum Gasteiger partial charge on any atom is 0.293 e. The van der Waals surface area contributed by atoms with Crippen molar-refractivity contribution < 1.29 is 28.0 Å². The highest BCUT2D eigenvalue weighted by atomic mass is 32.2. The molecule has 166 valence electrons. The van der Waals surface area contributed by atoms with Gasteiger partial charge in [-0.1, -0.05) is 12.1 Å². The number of carbonyl (C=O) groups is 4. The van der Waals surface area contributed by atoms with Gasteiger partial charge in [-0.2, -0.15) is 0 Å². The second-order valence-electron chi connectivity index (χ2n) is 7.43. The van der Waals surface area contributed by atoms with Crippen molar-refractivity contribution in [1.82, 2.24) is 15.1 Å². The zero-order chi connectivity index (χ0) is 22.7. The Balaban J connectivity index is 1.27. The molecule has 4 amide bonds. The fourth-order valence-corrected chi connectivity index (χ4v) is 4.39. The molecular formula is C22H20FN3O5S. The number of carbonyl (C=O) groups excluding carboxylic acids is 4. The largest absolute Gasteiger partial charge is 0.467 e. The lowest BCUT2D eigenvalue weighted by Crippen LogP contribution is -2.40. The molecule has 3 heterocycles. The van der Waals surface area contributed by atoms with E-state index in [4.69, 9.17) is 4.42 Å². The molecule has 1 aromatic carbocycles. The third-order valence-corrected chi connectivity index (χ3v) is 6.10. The van der Waals surface area contributed by atoms with Crippen molar-refractivity contribution in [1.29, 1.82) is 0 Å². The van der Waals surface area contributed by atoms with Gasteiger partial charge < -0.3 is 14.6 Å². The fraction of sp³-hybridized carbons (Fsp3) is 0.273. The normalized spacial score (nSPS) is 20.0. The summed E-state index contributed by atoms with van der Waals surface area (Å²) in [6, 6.07) is 9.08. The van der Waals surface area contributed by atoms with Crippen LogP contribution in [-0.2, 0) is 20.9 Å². The molecule has 0 aliphatic carbocycles. The first kappa shape index (κ1) is 21.8. The van der Waals surface area contributed by atoms with E-state index in [1.807, 2.05) is 0 Å². The number of imide groups is 1. The van der Waals surface area contributed by atoms with Gasteiger partial charge in [0, 0.05) is 26.1 Å². The predicted octanol–water partition coefficient (Wildman–Crippen LogP) is 2.62. The number of rotatable bonds is 7. The van der Waals surface area contributed by atoms with Crippen LogP contribution in [0.2, 0.25) is 0 Å². The van der Waals surface area contributed by atoms with E-state index in [9.17, 15) is 23.6 Å². The van der Waals surface area contributed by atoms with E-state index in [2.05, 4.69) is 5.32 Å². The molecule has 2 saturated heterocycles. The minimum Gasteiger partial charge on any atom is -0.467 e. The smallest absolute Gasteiger partial charge is 0.293 e. The van der Waals surface area contributed by atoms with Crippen molar-refractivity contribution in [2.45, 2.75) is 13.0 Å². The first-order valence-electron chi connectivity index (χ1n) is 9.99. The third kappa shape index (κ3) is 4.91. The molecule has 0 spiro atoms. The maximum atomic E-state index is 13.0. The molecule has 10 heteroatoms. The van der Waals surface area contributed by atoms with Gasteiger partial charge in [-0.3, -0.25) is 24.1 Å². The van der Waals surface area contributed by atoms with E-state index in [1.165, 1.54) is 36.6 Å². The number of benzene rings is 1. The van der Waals surface area contributed by atoms with Crippen LogP contribution in [0, 0.1) is 11.7 Å². The summed E-state index contributed by atoms with van der Waals surface area (Å²) >= 11 is 0.799. The lowest BCUT2D eigenvalue weighted by Gasteiger charge is -2.16. The summed E-state index contributed by atoms with van der Waals surface area (Å²) in [5.74, 6) is -1.12. The molecule has 32 heavy (non-hydrogen) atoms. The molecule has 0 bridgehead atoms. The summed E-state index contributed by atoms with van der Waals surface area (Å²) in [6.45, 7) is 0.706. The Kier molecular flexibility index (Phi) is 6.40. The van der Waals surface area contributed by atoms with Crippen molar-refractivity contribution in [3.05, 3.63) is 64.7 Å². The van der Waals surface area contributed by atoms with Crippen LogP contribution in [0.4, 0.5) is 9.18 Å². The van der Waals surface area contributed by atoms with Gasteiger partial charge in [-0.05, 0) is 47.7 Å². The molecule has 0 saturated carbocycles. The Labute approximate surface area is 187 Å². The Morgan fingerprint density at radius 2 is 2.00 bits per heavy atom. The average Bonchev–Trinajstić information content (AvgIpc) is 3.47. The van der Waals surface area contributed by atoms with Gasteiger partial charge in [-0.25, -0.2) is 4.39 Å².